The molecule has 4 nitrogen and oxygen atoms in total. The van der Waals surface area contributed by atoms with Gasteiger partial charge in [-0.1, -0.05) is 0 Å². The van der Waals surface area contributed by atoms with Crippen LogP contribution < -0.4 is 10.1 Å². The van der Waals surface area contributed by atoms with Crippen LogP contribution in [0.4, 0.5) is 5.69 Å². The zero-order valence-electron chi connectivity index (χ0n) is 9.78. The van der Waals surface area contributed by atoms with E-state index in [4.69, 9.17) is 4.74 Å². The summed E-state index contributed by atoms with van der Waals surface area (Å²) < 4.78 is 5.01. The number of aromatic nitrogens is 1. The monoisotopic (exact) mass is 221 g/mol. The van der Waals surface area contributed by atoms with Gasteiger partial charge in [-0.15, -0.1) is 0 Å². The molecule has 0 aliphatic carbocycles. The smallest absolute Gasteiger partial charge is 0.213 e. The summed E-state index contributed by atoms with van der Waals surface area (Å²) in [5, 5.41) is 3.36. The Labute approximate surface area is 96.6 Å². The zero-order valence-corrected chi connectivity index (χ0v) is 9.78. The van der Waals surface area contributed by atoms with Gasteiger partial charge in [0.05, 0.1) is 19.0 Å². The van der Waals surface area contributed by atoms with Crippen molar-refractivity contribution in [2.75, 3.05) is 38.6 Å². The number of nitrogens with zero attached hydrogens (tertiary/aromatic N) is 2. The first-order valence-electron chi connectivity index (χ1n) is 5.85. The average Bonchev–Trinajstić information content (AvgIpc) is 2.83. The highest BCUT2D eigenvalue weighted by molar-refractivity contribution is 5.41. The van der Waals surface area contributed by atoms with Crippen molar-refractivity contribution in [3.63, 3.8) is 0 Å². The Bertz CT molecular complexity index is 307. The fourth-order valence-corrected chi connectivity index (χ4v) is 1.97. The summed E-state index contributed by atoms with van der Waals surface area (Å²) in [6, 6.07) is 3.87. The summed E-state index contributed by atoms with van der Waals surface area (Å²) in [5.41, 5.74) is 1.06. The predicted octanol–water partition coefficient (Wildman–Crippen LogP) is 1.60. The Balaban J connectivity index is 1.71. The molecule has 0 unspecified atom stereocenters. The molecule has 1 aliphatic heterocycles. The van der Waals surface area contributed by atoms with Crippen LogP contribution in [0.3, 0.4) is 0 Å². The zero-order chi connectivity index (χ0) is 11.2. The Morgan fingerprint density at radius 1 is 1.38 bits per heavy atom. The molecule has 0 saturated carbocycles. The van der Waals surface area contributed by atoms with Crippen LogP contribution in [-0.4, -0.2) is 43.2 Å². The molecule has 16 heavy (non-hydrogen) atoms. The van der Waals surface area contributed by atoms with Gasteiger partial charge in [0.1, 0.15) is 0 Å². The van der Waals surface area contributed by atoms with Gasteiger partial charge in [-0.05, 0) is 32.0 Å². The second-order valence-electron chi connectivity index (χ2n) is 4.06. The molecule has 0 radical (unpaired) electrons. The fraction of sp³-hybridized carbons (Fsp3) is 0.583. The number of methoxy groups -OCH3 is 1. The number of anilines is 1. The van der Waals surface area contributed by atoms with E-state index in [2.05, 4.69) is 15.2 Å². The molecule has 1 saturated heterocycles. The van der Waals surface area contributed by atoms with Crippen molar-refractivity contribution in [3.8, 4) is 5.88 Å². The van der Waals surface area contributed by atoms with Crippen molar-refractivity contribution in [3.05, 3.63) is 18.3 Å². The van der Waals surface area contributed by atoms with Crippen molar-refractivity contribution < 1.29 is 4.74 Å². The van der Waals surface area contributed by atoms with Gasteiger partial charge in [-0.25, -0.2) is 4.98 Å². The summed E-state index contributed by atoms with van der Waals surface area (Å²) >= 11 is 0. The molecule has 88 valence electrons. The third-order valence-electron chi connectivity index (χ3n) is 2.90. The molecule has 0 bridgehead atoms. The first-order chi connectivity index (χ1) is 7.88. The molecular formula is C12H19N3O. The van der Waals surface area contributed by atoms with E-state index >= 15 is 0 Å². The first-order valence-corrected chi connectivity index (χ1v) is 5.85. The molecular weight excluding hydrogens is 202 g/mol. The Kier molecular flexibility index (Phi) is 3.99. The lowest BCUT2D eigenvalue weighted by atomic mass is 10.4. The molecule has 1 aromatic heterocycles. The van der Waals surface area contributed by atoms with E-state index in [0.29, 0.717) is 5.88 Å². The van der Waals surface area contributed by atoms with Gasteiger partial charge in [0.15, 0.2) is 0 Å². The van der Waals surface area contributed by atoms with Crippen LogP contribution in [0, 0.1) is 0 Å². The van der Waals surface area contributed by atoms with Crippen LogP contribution in [-0.2, 0) is 0 Å². The van der Waals surface area contributed by atoms with Crippen LogP contribution in [0.15, 0.2) is 18.3 Å². The topological polar surface area (TPSA) is 37.4 Å². The van der Waals surface area contributed by atoms with Crippen LogP contribution >= 0.6 is 0 Å². The largest absolute Gasteiger partial charge is 0.481 e. The molecule has 4 heteroatoms. The van der Waals surface area contributed by atoms with E-state index in [0.717, 1.165) is 18.8 Å². The minimum Gasteiger partial charge on any atom is -0.481 e. The lowest BCUT2D eigenvalue weighted by molar-refractivity contribution is 0.352. The summed E-state index contributed by atoms with van der Waals surface area (Å²) in [4.78, 5) is 6.64. The van der Waals surface area contributed by atoms with Crippen molar-refractivity contribution in [1.29, 1.82) is 0 Å². The molecule has 2 rings (SSSR count). The van der Waals surface area contributed by atoms with Crippen molar-refractivity contribution in [1.82, 2.24) is 9.88 Å². The van der Waals surface area contributed by atoms with Crippen molar-refractivity contribution >= 4 is 5.69 Å². The standard InChI is InChI=1S/C12H19N3O/c1-16-12-5-4-11(10-14-12)13-6-9-15-7-2-3-8-15/h4-5,10,13H,2-3,6-9H2,1H3. The Morgan fingerprint density at radius 2 is 2.19 bits per heavy atom. The molecule has 0 atom stereocenters. The quantitative estimate of drug-likeness (QED) is 0.819. The van der Waals surface area contributed by atoms with E-state index in [1.54, 1.807) is 7.11 Å². The van der Waals surface area contributed by atoms with Gasteiger partial charge < -0.3 is 15.0 Å². The summed E-state index contributed by atoms with van der Waals surface area (Å²) in [5.74, 6) is 0.657. The summed E-state index contributed by atoms with van der Waals surface area (Å²) in [6.07, 6.45) is 4.51. The fourth-order valence-electron chi connectivity index (χ4n) is 1.97. The molecule has 1 N–H and O–H groups in total. The van der Waals surface area contributed by atoms with E-state index < -0.39 is 0 Å². The van der Waals surface area contributed by atoms with Crippen LogP contribution in [0.1, 0.15) is 12.8 Å². The van der Waals surface area contributed by atoms with Gasteiger partial charge in [0, 0.05) is 19.2 Å². The van der Waals surface area contributed by atoms with E-state index in [1.807, 2.05) is 18.3 Å². The third kappa shape index (κ3) is 3.10. The first kappa shape index (κ1) is 11.2. The van der Waals surface area contributed by atoms with Gasteiger partial charge in [-0.2, -0.15) is 0 Å². The SMILES string of the molecule is COc1ccc(NCCN2CCCC2)cn1. The van der Waals surface area contributed by atoms with Crippen LogP contribution in [0.2, 0.25) is 0 Å². The van der Waals surface area contributed by atoms with Gasteiger partial charge in [-0.3, -0.25) is 0 Å². The molecule has 1 fully saturated rings. The number of hydrogen-bond acceptors (Lipinski definition) is 4. The highest BCUT2D eigenvalue weighted by Crippen LogP contribution is 2.11. The highest BCUT2D eigenvalue weighted by atomic mass is 16.5. The lowest BCUT2D eigenvalue weighted by Crippen LogP contribution is -2.25. The second-order valence-corrected chi connectivity index (χ2v) is 4.06. The molecule has 0 spiro atoms. The second kappa shape index (κ2) is 5.70. The van der Waals surface area contributed by atoms with Crippen LogP contribution in [0.5, 0.6) is 5.88 Å². The van der Waals surface area contributed by atoms with Gasteiger partial charge in [0.2, 0.25) is 5.88 Å². The number of pyridine rings is 1. The molecule has 0 amide bonds. The van der Waals surface area contributed by atoms with Gasteiger partial charge >= 0.3 is 0 Å². The van der Waals surface area contributed by atoms with E-state index in [9.17, 15) is 0 Å². The average molecular weight is 221 g/mol. The van der Waals surface area contributed by atoms with Crippen molar-refractivity contribution in [2.24, 2.45) is 0 Å². The number of hydrogen-bond donors (Lipinski definition) is 1. The molecule has 1 aromatic rings. The van der Waals surface area contributed by atoms with Crippen LogP contribution in [0.25, 0.3) is 0 Å². The highest BCUT2D eigenvalue weighted by Gasteiger charge is 2.09. The maximum atomic E-state index is 5.01. The lowest BCUT2D eigenvalue weighted by Gasteiger charge is -2.15. The Hall–Kier alpha value is -1.29. The number of rotatable bonds is 5. The minimum absolute atomic E-state index is 0.657. The van der Waals surface area contributed by atoms with E-state index in [1.165, 1.54) is 25.9 Å². The number of nitrogens with one attached hydrogen (secondary N) is 1. The Morgan fingerprint density at radius 3 is 2.81 bits per heavy atom. The summed E-state index contributed by atoms with van der Waals surface area (Å²) in [6.45, 7) is 4.60. The molecule has 1 aliphatic rings. The predicted molar refractivity (Wildman–Crippen MR) is 65.0 cm³/mol. The maximum Gasteiger partial charge on any atom is 0.213 e. The number of likely N-dealkylation sites (tertiary alicyclic amines) is 1. The number of ether oxygens (including phenoxy) is 1. The molecule has 0 aromatic carbocycles. The van der Waals surface area contributed by atoms with E-state index in [-0.39, 0.29) is 0 Å². The van der Waals surface area contributed by atoms with Crippen molar-refractivity contribution in [2.45, 2.75) is 12.8 Å². The third-order valence-corrected chi connectivity index (χ3v) is 2.90. The maximum absolute atomic E-state index is 5.01. The minimum atomic E-state index is 0.657. The summed E-state index contributed by atoms with van der Waals surface area (Å²) in [7, 11) is 1.63. The normalized spacial score (nSPS) is 16.3. The molecule has 2 heterocycles. The van der Waals surface area contributed by atoms with Gasteiger partial charge in [0.25, 0.3) is 0 Å².